The molecule has 0 unspecified atom stereocenters. The van der Waals surface area contributed by atoms with Gasteiger partial charge in [0, 0.05) is 11.9 Å². The van der Waals surface area contributed by atoms with E-state index in [0.717, 1.165) is 29.7 Å². The fraction of sp³-hybridized carbons (Fsp3) is 0.412. The van der Waals surface area contributed by atoms with Crippen LogP contribution in [-0.2, 0) is 11.2 Å². The average Bonchev–Trinajstić information content (AvgIpc) is 2.89. The molecular formula is C17H24N4OS. The van der Waals surface area contributed by atoms with Crippen molar-refractivity contribution in [2.75, 3.05) is 26.4 Å². The van der Waals surface area contributed by atoms with E-state index >= 15 is 0 Å². The molecule has 0 fully saturated rings. The summed E-state index contributed by atoms with van der Waals surface area (Å²) in [5.41, 5.74) is 8.77. The van der Waals surface area contributed by atoms with E-state index in [0.29, 0.717) is 11.7 Å². The van der Waals surface area contributed by atoms with Gasteiger partial charge in [0.1, 0.15) is 6.04 Å². The second-order valence-corrected chi connectivity index (χ2v) is 6.74. The third-order valence-electron chi connectivity index (χ3n) is 3.60. The van der Waals surface area contributed by atoms with E-state index in [9.17, 15) is 4.79 Å². The molecule has 0 saturated heterocycles. The molecule has 0 bridgehead atoms. The minimum Gasteiger partial charge on any atom is -0.375 e. The maximum atomic E-state index is 12.5. The molecule has 2 rings (SSSR count). The Morgan fingerprint density at radius 1 is 1.43 bits per heavy atom. The number of amides is 1. The zero-order chi connectivity index (χ0) is 16.8. The first kappa shape index (κ1) is 17.4. The summed E-state index contributed by atoms with van der Waals surface area (Å²) in [4.78, 5) is 18.7. The molecular weight excluding hydrogens is 308 g/mol. The highest BCUT2D eigenvalue weighted by Crippen LogP contribution is 2.19. The van der Waals surface area contributed by atoms with Gasteiger partial charge in [0.15, 0.2) is 5.13 Å². The van der Waals surface area contributed by atoms with Gasteiger partial charge in [-0.1, -0.05) is 29.8 Å². The van der Waals surface area contributed by atoms with E-state index in [4.69, 9.17) is 5.73 Å². The SMILES string of the molecule is Cc1cccc([C@@H](C(=O)NCCCc2csc(N)n2)N(C)C)c1. The number of carbonyl (C=O) groups is 1. The summed E-state index contributed by atoms with van der Waals surface area (Å²) in [6.45, 7) is 2.67. The number of aromatic nitrogens is 1. The molecule has 1 aromatic carbocycles. The van der Waals surface area contributed by atoms with Gasteiger partial charge < -0.3 is 11.1 Å². The number of nitrogen functional groups attached to an aromatic ring is 1. The van der Waals surface area contributed by atoms with E-state index < -0.39 is 0 Å². The van der Waals surface area contributed by atoms with E-state index in [-0.39, 0.29) is 11.9 Å². The predicted octanol–water partition coefficient (Wildman–Crippen LogP) is 2.39. The highest BCUT2D eigenvalue weighted by molar-refractivity contribution is 7.13. The lowest BCUT2D eigenvalue weighted by Gasteiger charge is -2.24. The molecule has 1 heterocycles. The molecule has 23 heavy (non-hydrogen) atoms. The van der Waals surface area contributed by atoms with Gasteiger partial charge in [0.25, 0.3) is 0 Å². The lowest BCUT2D eigenvalue weighted by Crippen LogP contribution is -2.37. The summed E-state index contributed by atoms with van der Waals surface area (Å²) in [5, 5.41) is 5.58. The van der Waals surface area contributed by atoms with Crippen molar-refractivity contribution in [2.24, 2.45) is 0 Å². The molecule has 5 nitrogen and oxygen atoms in total. The quantitative estimate of drug-likeness (QED) is 0.764. The Morgan fingerprint density at radius 2 is 2.22 bits per heavy atom. The van der Waals surface area contributed by atoms with E-state index in [1.54, 1.807) is 0 Å². The number of hydrogen-bond acceptors (Lipinski definition) is 5. The Hall–Kier alpha value is -1.92. The average molecular weight is 332 g/mol. The Labute approximate surface area is 141 Å². The minimum absolute atomic E-state index is 0.0263. The summed E-state index contributed by atoms with van der Waals surface area (Å²) >= 11 is 1.45. The third kappa shape index (κ3) is 5.04. The van der Waals surface area contributed by atoms with Crippen LogP contribution < -0.4 is 11.1 Å². The molecule has 0 aliphatic heterocycles. The van der Waals surface area contributed by atoms with Crippen molar-refractivity contribution in [1.29, 1.82) is 0 Å². The van der Waals surface area contributed by atoms with Crippen LogP contribution in [0.3, 0.4) is 0 Å². The number of aryl methyl sites for hydroxylation is 2. The molecule has 124 valence electrons. The number of rotatable bonds is 7. The van der Waals surface area contributed by atoms with E-state index in [1.165, 1.54) is 11.3 Å². The summed E-state index contributed by atoms with van der Waals surface area (Å²) in [6, 6.07) is 7.80. The highest BCUT2D eigenvalue weighted by atomic mass is 32.1. The molecule has 1 amide bonds. The van der Waals surface area contributed by atoms with Crippen LogP contribution in [0, 0.1) is 6.92 Å². The first-order valence-corrected chi connectivity index (χ1v) is 8.56. The smallest absolute Gasteiger partial charge is 0.241 e. The topological polar surface area (TPSA) is 71.2 Å². The second-order valence-electron chi connectivity index (χ2n) is 5.85. The van der Waals surface area contributed by atoms with Crippen molar-refractivity contribution in [3.63, 3.8) is 0 Å². The Bertz CT molecular complexity index is 654. The van der Waals surface area contributed by atoms with Gasteiger partial charge in [-0.15, -0.1) is 11.3 Å². The van der Waals surface area contributed by atoms with E-state index in [1.807, 2.05) is 49.5 Å². The van der Waals surface area contributed by atoms with Crippen LogP contribution in [0.15, 0.2) is 29.6 Å². The molecule has 6 heteroatoms. The Morgan fingerprint density at radius 3 is 2.83 bits per heavy atom. The monoisotopic (exact) mass is 332 g/mol. The van der Waals surface area contributed by atoms with Crippen LogP contribution in [0.5, 0.6) is 0 Å². The van der Waals surface area contributed by atoms with Gasteiger partial charge in [-0.3, -0.25) is 9.69 Å². The third-order valence-corrected chi connectivity index (χ3v) is 4.32. The van der Waals surface area contributed by atoms with Crippen LogP contribution >= 0.6 is 11.3 Å². The van der Waals surface area contributed by atoms with Gasteiger partial charge in [-0.05, 0) is 39.4 Å². The zero-order valence-electron chi connectivity index (χ0n) is 13.9. The molecule has 1 aromatic heterocycles. The van der Waals surface area contributed by atoms with Crippen LogP contribution in [0.4, 0.5) is 5.13 Å². The van der Waals surface area contributed by atoms with Gasteiger partial charge in [0.2, 0.25) is 5.91 Å². The number of carbonyl (C=O) groups excluding carboxylic acids is 1. The van der Waals surface area contributed by atoms with Crippen molar-refractivity contribution in [2.45, 2.75) is 25.8 Å². The summed E-state index contributed by atoms with van der Waals surface area (Å²) < 4.78 is 0. The van der Waals surface area contributed by atoms with Crippen molar-refractivity contribution < 1.29 is 4.79 Å². The lowest BCUT2D eigenvalue weighted by molar-refractivity contribution is -0.125. The van der Waals surface area contributed by atoms with Crippen molar-refractivity contribution in [3.05, 3.63) is 46.5 Å². The molecule has 0 aliphatic carbocycles. The summed E-state index contributed by atoms with van der Waals surface area (Å²) in [6.07, 6.45) is 1.67. The number of benzene rings is 1. The normalized spacial score (nSPS) is 12.3. The molecule has 0 spiro atoms. The molecule has 2 aromatic rings. The largest absolute Gasteiger partial charge is 0.375 e. The highest BCUT2D eigenvalue weighted by Gasteiger charge is 2.22. The van der Waals surface area contributed by atoms with Crippen molar-refractivity contribution in [3.8, 4) is 0 Å². The number of anilines is 1. The Kier molecular flexibility index (Phi) is 6.12. The maximum absolute atomic E-state index is 12.5. The molecule has 3 N–H and O–H groups in total. The number of nitrogens with zero attached hydrogens (tertiary/aromatic N) is 2. The molecule has 0 aliphatic rings. The van der Waals surface area contributed by atoms with Crippen molar-refractivity contribution in [1.82, 2.24) is 15.2 Å². The van der Waals surface area contributed by atoms with Gasteiger partial charge in [-0.25, -0.2) is 4.98 Å². The van der Waals surface area contributed by atoms with Crippen LogP contribution in [0.25, 0.3) is 0 Å². The van der Waals surface area contributed by atoms with E-state index in [2.05, 4.69) is 16.4 Å². The fourth-order valence-corrected chi connectivity index (χ4v) is 3.14. The predicted molar refractivity (Wildman–Crippen MR) is 95.5 cm³/mol. The Balaban J connectivity index is 1.88. The molecule has 1 atom stereocenters. The van der Waals surface area contributed by atoms with Gasteiger partial charge >= 0.3 is 0 Å². The number of hydrogen-bond donors (Lipinski definition) is 2. The van der Waals surface area contributed by atoms with Crippen LogP contribution in [0.2, 0.25) is 0 Å². The standard InChI is InChI=1S/C17H24N4OS/c1-12-6-4-7-13(10-12)15(21(2)3)16(22)19-9-5-8-14-11-23-17(18)20-14/h4,6-7,10-11,15H,5,8-9H2,1-3H3,(H2,18,20)(H,19,22)/t15-/m0/s1. The van der Waals surface area contributed by atoms with Gasteiger partial charge in [0.05, 0.1) is 5.69 Å². The summed E-state index contributed by atoms with van der Waals surface area (Å²) in [7, 11) is 3.84. The molecule has 0 radical (unpaired) electrons. The van der Waals surface area contributed by atoms with Crippen LogP contribution in [0.1, 0.15) is 29.3 Å². The first-order valence-electron chi connectivity index (χ1n) is 7.68. The zero-order valence-corrected chi connectivity index (χ0v) is 14.7. The minimum atomic E-state index is -0.273. The lowest BCUT2D eigenvalue weighted by atomic mass is 10.0. The number of likely N-dealkylation sites (N-methyl/N-ethyl adjacent to an activating group) is 1. The van der Waals surface area contributed by atoms with Crippen molar-refractivity contribution >= 4 is 22.4 Å². The molecule has 0 saturated carbocycles. The maximum Gasteiger partial charge on any atom is 0.241 e. The number of nitrogens with one attached hydrogen (secondary N) is 1. The number of thiazole rings is 1. The summed E-state index contributed by atoms with van der Waals surface area (Å²) in [5.74, 6) is 0.0263. The number of nitrogens with two attached hydrogens (primary N) is 1. The second kappa shape index (κ2) is 8.08. The first-order chi connectivity index (χ1) is 11.0. The van der Waals surface area contributed by atoms with Gasteiger partial charge in [-0.2, -0.15) is 0 Å². The fourth-order valence-electron chi connectivity index (χ4n) is 2.54. The van der Waals surface area contributed by atoms with Crippen LogP contribution in [-0.4, -0.2) is 36.4 Å².